The predicted octanol–water partition coefficient (Wildman–Crippen LogP) is 3.77. The van der Waals surface area contributed by atoms with Gasteiger partial charge in [-0.25, -0.2) is 4.98 Å². The minimum atomic E-state index is -0.589. The van der Waals surface area contributed by atoms with Gasteiger partial charge in [0.1, 0.15) is 5.69 Å². The van der Waals surface area contributed by atoms with Crippen molar-refractivity contribution < 1.29 is 4.79 Å². The molecule has 0 saturated carbocycles. The number of amides is 1. The molecule has 0 unspecified atom stereocenters. The van der Waals surface area contributed by atoms with E-state index in [-0.39, 0.29) is 5.69 Å². The molecule has 0 aliphatic carbocycles. The van der Waals surface area contributed by atoms with E-state index in [1.54, 1.807) is 0 Å². The maximum atomic E-state index is 11.4. The van der Waals surface area contributed by atoms with Crippen molar-refractivity contribution in [1.29, 1.82) is 0 Å². The fourth-order valence-electron chi connectivity index (χ4n) is 2.95. The Hall–Kier alpha value is -3.60. The fourth-order valence-corrected chi connectivity index (χ4v) is 2.95. The minimum Gasteiger partial charge on any atom is -0.364 e. The van der Waals surface area contributed by atoms with Crippen molar-refractivity contribution in [3.63, 3.8) is 0 Å². The summed E-state index contributed by atoms with van der Waals surface area (Å²) in [6.45, 7) is 1.98. The molecular formula is C21H16N4O. The topological polar surface area (TPSA) is 81.8 Å². The molecule has 5 heteroatoms. The number of rotatable bonds is 3. The Morgan fingerprint density at radius 2 is 1.69 bits per heavy atom. The molecule has 4 rings (SSSR count). The van der Waals surface area contributed by atoms with Gasteiger partial charge in [0.25, 0.3) is 5.91 Å². The Balaban J connectivity index is 1.89. The highest BCUT2D eigenvalue weighted by molar-refractivity contribution is 5.93. The molecule has 4 aromatic rings. The highest BCUT2D eigenvalue weighted by Gasteiger charge is 2.11. The minimum absolute atomic E-state index is 0.156. The summed E-state index contributed by atoms with van der Waals surface area (Å²) in [5.74, 6) is -0.589. The average molecular weight is 340 g/mol. The van der Waals surface area contributed by atoms with E-state index in [0.29, 0.717) is 11.0 Å². The second kappa shape index (κ2) is 6.37. The quantitative estimate of drug-likeness (QED) is 0.615. The van der Waals surface area contributed by atoms with Gasteiger partial charge < -0.3 is 5.73 Å². The van der Waals surface area contributed by atoms with Gasteiger partial charge in [-0.05, 0) is 42.3 Å². The lowest BCUT2D eigenvalue weighted by Gasteiger charge is -2.10. The van der Waals surface area contributed by atoms with E-state index < -0.39 is 5.91 Å². The summed E-state index contributed by atoms with van der Waals surface area (Å²) in [6.07, 6.45) is 1.40. The van der Waals surface area contributed by atoms with Crippen LogP contribution in [-0.4, -0.2) is 20.9 Å². The summed E-state index contributed by atoms with van der Waals surface area (Å²) in [6, 6.07) is 19.9. The van der Waals surface area contributed by atoms with Gasteiger partial charge in [-0.3, -0.25) is 14.8 Å². The maximum Gasteiger partial charge on any atom is 0.268 e. The third-order valence-electron chi connectivity index (χ3n) is 4.20. The molecule has 2 N–H and O–H groups in total. The van der Waals surface area contributed by atoms with Gasteiger partial charge in [0.05, 0.1) is 22.9 Å². The van der Waals surface area contributed by atoms with E-state index in [2.05, 4.69) is 15.0 Å². The zero-order chi connectivity index (χ0) is 18.1. The molecule has 126 valence electrons. The lowest BCUT2D eigenvalue weighted by atomic mass is 9.97. The Morgan fingerprint density at radius 3 is 2.46 bits per heavy atom. The number of fused-ring (bicyclic) bond motifs is 1. The number of nitrogens with zero attached hydrogens (tertiary/aromatic N) is 3. The first-order valence-corrected chi connectivity index (χ1v) is 8.22. The number of benzene rings is 2. The van der Waals surface area contributed by atoms with Gasteiger partial charge in [0, 0.05) is 11.3 Å². The van der Waals surface area contributed by atoms with E-state index in [0.717, 1.165) is 28.1 Å². The van der Waals surface area contributed by atoms with Crippen molar-refractivity contribution in [1.82, 2.24) is 15.0 Å². The summed E-state index contributed by atoms with van der Waals surface area (Å²) in [7, 11) is 0. The van der Waals surface area contributed by atoms with Crippen LogP contribution in [0, 0.1) is 6.92 Å². The summed E-state index contributed by atoms with van der Waals surface area (Å²) in [5.41, 5.74) is 11.8. The second-order valence-electron chi connectivity index (χ2n) is 6.03. The van der Waals surface area contributed by atoms with Crippen LogP contribution in [0.3, 0.4) is 0 Å². The van der Waals surface area contributed by atoms with E-state index in [4.69, 9.17) is 5.73 Å². The molecule has 0 atom stereocenters. The number of nitrogens with two attached hydrogens (primary N) is 1. The number of hydrogen-bond acceptors (Lipinski definition) is 4. The predicted molar refractivity (Wildman–Crippen MR) is 101 cm³/mol. The van der Waals surface area contributed by atoms with E-state index >= 15 is 0 Å². The molecule has 2 heterocycles. The van der Waals surface area contributed by atoms with E-state index in [1.165, 1.54) is 6.20 Å². The molecule has 0 saturated heterocycles. The zero-order valence-electron chi connectivity index (χ0n) is 14.2. The van der Waals surface area contributed by atoms with Crippen LogP contribution in [0.1, 0.15) is 16.2 Å². The van der Waals surface area contributed by atoms with E-state index in [9.17, 15) is 4.79 Å². The average Bonchev–Trinajstić information content (AvgIpc) is 2.67. The normalized spacial score (nSPS) is 10.8. The molecule has 0 radical (unpaired) electrons. The third kappa shape index (κ3) is 2.91. The lowest BCUT2D eigenvalue weighted by Crippen LogP contribution is -2.13. The van der Waals surface area contributed by atoms with Crippen LogP contribution in [0.5, 0.6) is 0 Å². The van der Waals surface area contributed by atoms with Crippen LogP contribution in [0.25, 0.3) is 33.4 Å². The molecule has 2 aromatic heterocycles. The Morgan fingerprint density at radius 1 is 0.885 bits per heavy atom. The lowest BCUT2D eigenvalue weighted by molar-refractivity contribution is 0.0995. The molecule has 0 bridgehead atoms. The molecule has 5 nitrogen and oxygen atoms in total. The number of carbonyl (C=O) groups is 1. The molecule has 26 heavy (non-hydrogen) atoms. The summed E-state index contributed by atoms with van der Waals surface area (Å²) in [5, 5.41) is 0. The van der Waals surface area contributed by atoms with Crippen molar-refractivity contribution in [2.75, 3.05) is 0 Å². The first-order valence-electron chi connectivity index (χ1n) is 8.22. The molecule has 0 fully saturated rings. The number of hydrogen-bond donors (Lipinski definition) is 1. The number of primary amides is 1. The highest BCUT2D eigenvalue weighted by Crippen LogP contribution is 2.32. The summed E-state index contributed by atoms with van der Waals surface area (Å²) >= 11 is 0. The van der Waals surface area contributed by atoms with Gasteiger partial charge in [-0.15, -0.1) is 0 Å². The van der Waals surface area contributed by atoms with Crippen LogP contribution in [0.2, 0.25) is 0 Å². The SMILES string of the molecule is Cc1cccc(-c2ccccc2-c2ccc3ncc(C(N)=O)nc3c2)n1. The molecule has 0 aliphatic rings. The third-order valence-corrected chi connectivity index (χ3v) is 4.20. The first-order chi connectivity index (χ1) is 12.6. The largest absolute Gasteiger partial charge is 0.364 e. The van der Waals surface area contributed by atoms with Gasteiger partial charge in [0.2, 0.25) is 0 Å². The molecule has 1 amide bonds. The number of carbonyl (C=O) groups excluding carboxylic acids is 1. The number of aromatic nitrogens is 3. The molecule has 0 aliphatic heterocycles. The van der Waals surface area contributed by atoms with E-state index in [1.807, 2.05) is 67.6 Å². The van der Waals surface area contributed by atoms with Crippen molar-refractivity contribution in [3.05, 3.63) is 78.2 Å². The fraction of sp³-hybridized carbons (Fsp3) is 0.0476. The monoisotopic (exact) mass is 340 g/mol. The smallest absolute Gasteiger partial charge is 0.268 e. The van der Waals surface area contributed by atoms with Crippen molar-refractivity contribution in [2.45, 2.75) is 6.92 Å². The van der Waals surface area contributed by atoms with Crippen LogP contribution in [0.15, 0.2) is 66.9 Å². The zero-order valence-corrected chi connectivity index (χ0v) is 14.2. The molecule has 2 aromatic carbocycles. The van der Waals surface area contributed by atoms with Crippen LogP contribution in [-0.2, 0) is 0 Å². The van der Waals surface area contributed by atoms with Gasteiger partial charge in [0.15, 0.2) is 0 Å². The molecular weight excluding hydrogens is 324 g/mol. The Kier molecular flexibility index (Phi) is 3.89. The van der Waals surface area contributed by atoms with Crippen LogP contribution < -0.4 is 5.73 Å². The molecule has 0 spiro atoms. The van der Waals surface area contributed by atoms with Crippen molar-refractivity contribution in [3.8, 4) is 22.4 Å². The Labute approximate surface area is 150 Å². The van der Waals surface area contributed by atoms with Crippen LogP contribution in [0.4, 0.5) is 0 Å². The standard InChI is InChI=1S/C21H16N4O/c1-13-5-4-8-17(24-13)16-7-3-2-6-15(16)14-9-10-18-19(11-14)25-20(12-23-18)21(22)26/h2-12H,1H3,(H2,22,26). The maximum absolute atomic E-state index is 11.4. The Bertz CT molecular complexity index is 1140. The summed E-state index contributed by atoms with van der Waals surface area (Å²) in [4.78, 5) is 24.6. The second-order valence-corrected chi connectivity index (χ2v) is 6.03. The van der Waals surface area contributed by atoms with Gasteiger partial charge >= 0.3 is 0 Å². The van der Waals surface area contributed by atoms with Crippen molar-refractivity contribution in [2.24, 2.45) is 5.73 Å². The first kappa shape index (κ1) is 15.9. The van der Waals surface area contributed by atoms with Crippen molar-refractivity contribution >= 4 is 16.9 Å². The van der Waals surface area contributed by atoms with Crippen LogP contribution >= 0.6 is 0 Å². The summed E-state index contributed by atoms with van der Waals surface area (Å²) < 4.78 is 0. The number of aryl methyl sites for hydroxylation is 1. The number of pyridine rings is 1. The highest BCUT2D eigenvalue weighted by atomic mass is 16.1. The van der Waals surface area contributed by atoms with Gasteiger partial charge in [-0.1, -0.05) is 36.4 Å². The van der Waals surface area contributed by atoms with Gasteiger partial charge in [-0.2, -0.15) is 0 Å².